The molecule has 1 aliphatic carbocycles. The molecule has 1 aromatic rings. The summed E-state index contributed by atoms with van der Waals surface area (Å²) in [6, 6.07) is 6.09. The van der Waals surface area contributed by atoms with Gasteiger partial charge in [0, 0.05) is 16.9 Å². The zero-order valence-electron chi connectivity index (χ0n) is 9.64. The molecule has 0 aromatic heterocycles. The van der Waals surface area contributed by atoms with Gasteiger partial charge in [0.15, 0.2) is 0 Å². The lowest BCUT2D eigenvalue weighted by Gasteiger charge is -2.28. The van der Waals surface area contributed by atoms with Gasteiger partial charge in [0.25, 0.3) is 0 Å². The van der Waals surface area contributed by atoms with Crippen molar-refractivity contribution in [1.29, 1.82) is 0 Å². The van der Waals surface area contributed by atoms with E-state index in [0.29, 0.717) is 0 Å². The van der Waals surface area contributed by atoms with Crippen molar-refractivity contribution in [3.05, 3.63) is 23.8 Å². The second-order valence-electron chi connectivity index (χ2n) is 4.91. The van der Waals surface area contributed by atoms with E-state index >= 15 is 0 Å². The lowest BCUT2D eigenvalue weighted by Crippen LogP contribution is -2.31. The normalized spacial score (nSPS) is 19.1. The average molecular weight is 204 g/mol. The highest BCUT2D eigenvalue weighted by Gasteiger charge is 2.28. The van der Waals surface area contributed by atoms with Gasteiger partial charge in [-0.05, 0) is 44.4 Å². The molecule has 0 heterocycles. The number of nitrogens with one attached hydrogen (secondary N) is 1. The maximum absolute atomic E-state index is 5.90. The molecule has 2 heteroatoms. The van der Waals surface area contributed by atoms with Gasteiger partial charge in [-0.25, -0.2) is 0 Å². The van der Waals surface area contributed by atoms with Crippen molar-refractivity contribution >= 4 is 11.4 Å². The van der Waals surface area contributed by atoms with E-state index in [4.69, 9.17) is 5.73 Å². The molecule has 0 radical (unpaired) electrons. The molecule has 0 bridgehead atoms. The monoisotopic (exact) mass is 204 g/mol. The second-order valence-corrected chi connectivity index (χ2v) is 4.91. The van der Waals surface area contributed by atoms with E-state index in [-0.39, 0.29) is 5.54 Å². The highest BCUT2D eigenvalue weighted by atomic mass is 15.0. The Hall–Kier alpha value is -1.18. The molecule has 1 aromatic carbocycles. The summed E-state index contributed by atoms with van der Waals surface area (Å²) >= 11 is 0. The number of rotatable bonds is 2. The Bertz CT molecular complexity index is 352. The number of nitrogen functional groups attached to an aromatic ring is 1. The van der Waals surface area contributed by atoms with Crippen LogP contribution in [0, 0.1) is 6.92 Å². The first-order valence-corrected chi connectivity index (χ1v) is 5.74. The molecular formula is C13H20N2. The SMILES string of the molecule is Cc1c(N)cccc1NC1(C)CCCC1. The van der Waals surface area contributed by atoms with Gasteiger partial charge in [0.05, 0.1) is 0 Å². The van der Waals surface area contributed by atoms with Crippen molar-refractivity contribution in [2.45, 2.75) is 45.1 Å². The number of hydrogen-bond acceptors (Lipinski definition) is 2. The molecule has 1 fully saturated rings. The summed E-state index contributed by atoms with van der Waals surface area (Å²) in [6.07, 6.45) is 5.21. The van der Waals surface area contributed by atoms with Crippen LogP contribution in [0.2, 0.25) is 0 Å². The van der Waals surface area contributed by atoms with Crippen molar-refractivity contribution in [3.8, 4) is 0 Å². The number of benzene rings is 1. The largest absolute Gasteiger partial charge is 0.398 e. The summed E-state index contributed by atoms with van der Waals surface area (Å²) in [5, 5.41) is 3.65. The van der Waals surface area contributed by atoms with Crippen LogP contribution in [0.5, 0.6) is 0 Å². The summed E-state index contributed by atoms with van der Waals surface area (Å²) in [6.45, 7) is 4.39. The zero-order valence-corrected chi connectivity index (χ0v) is 9.64. The average Bonchev–Trinajstić information content (AvgIpc) is 2.60. The zero-order chi connectivity index (χ0) is 10.9. The fourth-order valence-corrected chi connectivity index (χ4v) is 2.39. The Balaban J connectivity index is 2.20. The highest BCUT2D eigenvalue weighted by Crippen LogP contribution is 2.34. The quantitative estimate of drug-likeness (QED) is 0.725. The van der Waals surface area contributed by atoms with Crippen LogP contribution in [0.25, 0.3) is 0 Å². The van der Waals surface area contributed by atoms with E-state index in [1.54, 1.807) is 0 Å². The predicted molar refractivity (Wildman–Crippen MR) is 66.1 cm³/mol. The van der Waals surface area contributed by atoms with Gasteiger partial charge in [0.2, 0.25) is 0 Å². The molecule has 0 saturated heterocycles. The number of anilines is 2. The van der Waals surface area contributed by atoms with Gasteiger partial charge in [-0.15, -0.1) is 0 Å². The van der Waals surface area contributed by atoms with E-state index in [2.05, 4.69) is 25.2 Å². The lowest BCUT2D eigenvalue weighted by atomic mass is 9.99. The summed E-state index contributed by atoms with van der Waals surface area (Å²) in [5.74, 6) is 0. The minimum atomic E-state index is 0.276. The maximum Gasteiger partial charge on any atom is 0.0394 e. The molecule has 0 spiro atoms. The van der Waals surface area contributed by atoms with E-state index in [1.165, 1.54) is 36.9 Å². The van der Waals surface area contributed by atoms with Crippen LogP contribution in [0.15, 0.2) is 18.2 Å². The third-order valence-corrected chi connectivity index (χ3v) is 3.52. The third-order valence-electron chi connectivity index (χ3n) is 3.52. The summed E-state index contributed by atoms with van der Waals surface area (Å²) in [5.41, 5.74) is 9.42. The van der Waals surface area contributed by atoms with Crippen LogP contribution in [-0.4, -0.2) is 5.54 Å². The number of hydrogen-bond donors (Lipinski definition) is 2. The minimum absolute atomic E-state index is 0.276. The summed E-state index contributed by atoms with van der Waals surface area (Å²) in [7, 11) is 0. The summed E-state index contributed by atoms with van der Waals surface area (Å²) in [4.78, 5) is 0. The molecule has 0 aliphatic heterocycles. The number of nitrogens with two attached hydrogens (primary N) is 1. The Morgan fingerprint density at radius 2 is 1.93 bits per heavy atom. The van der Waals surface area contributed by atoms with Gasteiger partial charge < -0.3 is 11.1 Å². The van der Waals surface area contributed by atoms with Crippen LogP contribution >= 0.6 is 0 Å². The Morgan fingerprint density at radius 1 is 1.27 bits per heavy atom. The Labute approximate surface area is 91.9 Å². The summed E-state index contributed by atoms with van der Waals surface area (Å²) < 4.78 is 0. The van der Waals surface area contributed by atoms with Gasteiger partial charge in [-0.3, -0.25) is 0 Å². The second kappa shape index (κ2) is 3.76. The topological polar surface area (TPSA) is 38.0 Å². The first-order valence-electron chi connectivity index (χ1n) is 5.74. The molecule has 1 saturated carbocycles. The van der Waals surface area contributed by atoms with E-state index in [9.17, 15) is 0 Å². The van der Waals surface area contributed by atoms with Crippen molar-refractivity contribution in [1.82, 2.24) is 0 Å². The van der Waals surface area contributed by atoms with Crippen LogP contribution < -0.4 is 11.1 Å². The van der Waals surface area contributed by atoms with Crippen molar-refractivity contribution in [2.75, 3.05) is 11.1 Å². The minimum Gasteiger partial charge on any atom is -0.398 e. The molecule has 0 amide bonds. The molecule has 2 nitrogen and oxygen atoms in total. The van der Waals surface area contributed by atoms with Gasteiger partial charge >= 0.3 is 0 Å². The molecular weight excluding hydrogens is 184 g/mol. The molecule has 3 N–H and O–H groups in total. The maximum atomic E-state index is 5.90. The lowest BCUT2D eigenvalue weighted by molar-refractivity contribution is 0.533. The molecule has 2 rings (SSSR count). The van der Waals surface area contributed by atoms with Crippen molar-refractivity contribution in [3.63, 3.8) is 0 Å². The van der Waals surface area contributed by atoms with Crippen LogP contribution in [-0.2, 0) is 0 Å². The van der Waals surface area contributed by atoms with Crippen molar-refractivity contribution in [2.24, 2.45) is 0 Å². The first kappa shape index (κ1) is 10.3. The Kier molecular flexibility index (Phi) is 2.59. The molecule has 0 unspecified atom stereocenters. The van der Waals surface area contributed by atoms with Crippen LogP contribution in [0.3, 0.4) is 0 Å². The van der Waals surface area contributed by atoms with Gasteiger partial charge in [-0.2, -0.15) is 0 Å². The predicted octanol–water partition coefficient (Wildman–Crippen LogP) is 3.32. The molecule has 0 atom stereocenters. The fraction of sp³-hybridized carbons (Fsp3) is 0.538. The molecule has 15 heavy (non-hydrogen) atoms. The van der Waals surface area contributed by atoms with Crippen molar-refractivity contribution < 1.29 is 0 Å². The fourth-order valence-electron chi connectivity index (χ4n) is 2.39. The highest BCUT2D eigenvalue weighted by molar-refractivity contribution is 5.63. The van der Waals surface area contributed by atoms with E-state index in [0.717, 1.165) is 5.69 Å². The van der Waals surface area contributed by atoms with Gasteiger partial charge in [-0.1, -0.05) is 18.9 Å². The standard InChI is InChI=1S/C13H20N2/c1-10-11(14)6-5-7-12(10)15-13(2)8-3-4-9-13/h5-7,15H,3-4,8-9,14H2,1-2H3. The molecule has 1 aliphatic rings. The third kappa shape index (κ3) is 2.09. The van der Waals surface area contributed by atoms with E-state index in [1.807, 2.05) is 12.1 Å². The first-order chi connectivity index (χ1) is 7.11. The smallest absolute Gasteiger partial charge is 0.0394 e. The van der Waals surface area contributed by atoms with Crippen LogP contribution in [0.1, 0.15) is 38.2 Å². The van der Waals surface area contributed by atoms with Crippen LogP contribution in [0.4, 0.5) is 11.4 Å². The Morgan fingerprint density at radius 3 is 2.60 bits per heavy atom. The molecule has 82 valence electrons. The van der Waals surface area contributed by atoms with Gasteiger partial charge in [0.1, 0.15) is 0 Å². The van der Waals surface area contributed by atoms with E-state index < -0.39 is 0 Å².